The smallest absolute Gasteiger partial charge is 0.160 e. The summed E-state index contributed by atoms with van der Waals surface area (Å²) in [6.45, 7) is 0. The topological polar surface area (TPSA) is 75.9 Å². The fourth-order valence-corrected chi connectivity index (χ4v) is 6.94. The molecule has 0 aliphatic carbocycles. The Morgan fingerprint density at radius 2 is 1.31 bits per heavy atom. The molecule has 9 aromatic rings. The van der Waals surface area contributed by atoms with E-state index in [1.165, 1.54) is 10.8 Å². The summed E-state index contributed by atoms with van der Waals surface area (Å²) in [5.41, 5.74) is 8.69. The van der Waals surface area contributed by atoms with Crippen molar-refractivity contribution in [2.45, 2.75) is 6.17 Å². The van der Waals surface area contributed by atoms with Gasteiger partial charge in [-0.2, -0.15) is 0 Å². The Kier molecular flexibility index (Phi) is 5.84. The Labute approximate surface area is 274 Å². The number of pyridine rings is 1. The fraction of sp³-hybridized carbons (Fsp3) is 0.0238. The van der Waals surface area contributed by atoms with Crippen LogP contribution in [0.25, 0.3) is 65.9 Å². The van der Waals surface area contributed by atoms with E-state index in [0.717, 1.165) is 72.1 Å². The average molecular weight is 619 g/mol. The van der Waals surface area contributed by atoms with Crippen LogP contribution in [0.4, 0.5) is 0 Å². The number of rotatable bonds is 4. The maximum absolute atomic E-state index is 6.51. The number of para-hydroxylation sites is 1. The lowest BCUT2D eigenvalue weighted by Crippen LogP contribution is -2.33. The molecule has 6 nitrogen and oxygen atoms in total. The van der Waals surface area contributed by atoms with Gasteiger partial charge in [-0.05, 0) is 34.5 Å². The van der Waals surface area contributed by atoms with Crippen molar-refractivity contribution in [2.75, 3.05) is 0 Å². The molecule has 48 heavy (non-hydrogen) atoms. The minimum Gasteiger partial charge on any atom is -0.455 e. The highest BCUT2D eigenvalue weighted by atomic mass is 16.3. The van der Waals surface area contributed by atoms with Crippen molar-refractivity contribution in [3.8, 4) is 11.1 Å². The summed E-state index contributed by atoms with van der Waals surface area (Å²) in [5, 5.41) is 8.99. The Morgan fingerprint density at radius 3 is 2.21 bits per heavy atom. The van der Waals surface area contributed by atoms with Crippen molar-refractivity contribution in [3.05, 3.63) is 162 Å². The summed E-state index contributed by atoms with van der Waals surface area (Å²) in [4.78, 5) is 15.2. The third-order valence-electron chi connectivity index (χ3n) is 9.18. The highest BCUT2D eigenvalue weighted by Gasteiger charge is 2.24. The van der Waals surface area contributed by atoms with Crippen LogP contribution in [0, 0.1) is 0 Å². The number of hydrogen-bond donors (Lipinski definition) is 1. The van der Waals surface area contributed by atoms with Crippen LogP contribution in [-0.2, 0) is 0 Å². The van der Waals surface area contributed by atoms with Gasteiger partial charge >= 0.3 is 0 Å². The van der Waals surface area contributed by atoms with Crippen LogP contribution >= 0.6 is 0 Å². The third kappa shape index (κ3) is 4.16. The van der Waals surface area contributed by atoms with Crippen molar-refractivity contribution in [2.24, 2.45) is 9.98 Å². The van der Waals surface area contributed by atoms with Gasteiger partial charge in [0.25, 0.3) is 0 Å². The standard InChI is InChI=1S/C42H26N4O2/c1-3-12-26(13-4-1)40-44-41(27-14-5-2-6-15-27)46-42(45-40)32-19-10-20-33-37(32)38-35(47-33)23-28(24-43-38)30-17-9-18-31-36-29-16-8-7-11-25(29)21-22-34(36)48-39(30)31/h1-24,40H,(H,44,45,46). The lowest BCUT2D eigenvalue weighted by atomic mass is 10.0. The van der Waals surface area contributed by atoms with Crippen molar-refractivity contribution in [1.82, 2.24) is 10.3 Å². The zero-order valence-corrected chi connectivity index (χ0v) is 25.6. The lowest BCUT2D eigenvalue weighted by Gasteiger charge is -2.23. The molecular weight excluding hydrogens is 592 g/mol. The van der Waals surface area contributed by atoms with Crippen molar-refractivity contribution in [3.63, 3.8) is 0 Å². The van der Waals surface area contributed by atoms with E-state index in [-0.39, 0.29) is 6.17 Å². The molecule has 0 bridgehead atoms. The van der Waals surface area contributed by atoms with Gasteiger partial charge in [0.1, 0.15) is 34.3 Å². The van der Waals surface area contributed by atoms with Crippen molar-refractivity contribution < 1.29 is 8.83 Å². The summed E-state index contributed by atoms with van der Waals surface area (Å²) in [5.74, 6) is 1.39. The number of nitrogens with zero attached hydrogens (tertiary/aromatic N) is 3. The number of furan rings is 2. The fourth-order valence-electron chi connectivity index (χ4n) is 6.94. The third-order valence-corrected chi connectivity index (χ3v) is 9.18. The van der Waals surface area contributed by atoms with E-state index < -0.39 is 0 Å². The molecule has 4 heterocycles. The van der Waals surface area contributed by atoms with Crippen LogP contribution < -0.4 is 5.32 Å². The molecule has 0 spiro atoms. The SMILES string of the molecule is c1ccc(C2=NC(c3cccc4oc5cc(-c6cccc7c6oc6ccc8ccccc8c67)cnc5c34)=NC(c3ccccc3)N2)cc1. The van der Waals surface area contributed by atoms with Gasteiger partial charge in [0, 0.05) is 39.2 Å². The lowest BCUT2D eigenvalue weighted by molar-refractivity contribution is 0.667. The maximum Gasteiger partial charge on any atom is 0.160 e. The number of benzene rings is 6. The second-order valence-corrected chi connectivity index (χ2v) is 12.0. The molecule has 6 aromatic carbocycles. The molecule has 0 radical (unpaired) electrons. The molecule has 3 aromatic heterocycles. The molecule has 1 aliphatic heterocycles. The molecule has 0 saturated carbocycles. The van der Waals surface area contributed by atoms with Gasteiger partial charge in [0.15, 0.2) is 11.4 Å². The van der Waals surface area contributed by atoms with E-state index in [9.17, 15) is 0 Å². The van der Waals surface area contributed by atoms with Gasteiger partial charge in [-0.1, -0.05) is 121 Å². The highest BCUT2D eigenvalue weighted by Crippen LogP contribution is 2.40. The molecule has 1 aliphatic rings. The van der Waals surface area contributed by atoms with Crippen molar-refractivity contribution >= 4 is 66.5 Å². The van der Waals surface area contributed by atoms with Crippen LogP contribution in [0.2, 0.25) is 0 Å². The first-order valence-corrected chi connectivity index (χ1v) is 16.0. The summed E-state index contributed by atoms with van der Waals surface area (Å²) in [6, 6.07) is 47.3. The van der Waals surface area contributed by atoms with E-state index in [2.05, 4.69) is 90.2 Å². The van der Waals surface area contributed by atoms with Crippen LogP contribution in [0.5, 0.6) is 0 Å². The molecule has 1 unspecified atom stereocenters. The van der Waals surface area contributed by atoms with E-state index in [0.29, 0.717) is 11.4 Å². The normalized spacial score (nSPS) is 14.9. The Balaban J connectivity index is 1.13. The number of hydrogen-bond acceptors (Lipinski definition) is 6. The molecule has 0 amide bonds. The van der Waals surface area contributed by atoms with Gasteiger partial charge in [0.05, 0.1) is 5.39 Å². The average Bonchev–Trinajstić information content (AvgIpc) is 3.74. The maximum atomic E-state index is 6.51. The number of aromatic nitrogens is 1. The van der Waals surface area contributed by atoms with Crippen LogP contribution in [0.3, 0.4) is 0 Å². The zero-order valence-electron chi connectivity index (χ0n) is 25.6. The Hall–Kier alpha value is -6.53. The van der Waals surface area contributed by atoms with Gasteiger partial charge in [-0.3, -0.25) is 4.98 Å². The van der Waals surface area contributed by atoms with Crippen LogP contribution in [0.1, 0.15) is 22.9 Å². The minimum atomic E-state index is -0.302. The zero-order chi connectivity index (χ0) is 31.6. The molecule has 6 heteroatoms. The molecule has 1 atom stereocenters. The minimum absolute atomic E-state index is 0.302. The van der Waals surface area contributed by atoms with E-state index in [1.807, 2.05) is 60.8 Å². The van der Waals surface area contributed by atoms with Gasteiger partial charge in [-0.15, -0.1) is 0 Å². The summed E-state index contributed by atoms with van der Waals surface area (Å²) >= 11 is 0. The highest BCUT2D eigenvalue weighted by molar-refractivity contribution is 6.22. The van der Waals surface area contributed by atoms with Crippen LogP contribution in [0.15, 0.2) is 165 Å². The molecular formula is C42H26N4O2. The predicted molar refractivity (Wildman–Crippen MR) is 194 cm³/mol. The molecule has 226 valence electrons. The van der Waals surface area contributed by atoms with Gasteiger partial charge < -0.3 is 14.2 Å². The largest absolute Gasteiger partial charge is 0.455 e. The van der Waals surface area contributed by atoms with E-state index >= 15 is 0 Å². The molecule has 0 saturated heterocycles. The first-order chi connectivity index (χ1) is 23.8. The van der Waals surface area contributed by atoms with Gasteiger partial charge in [-0.25, -0.2) is 9.98 Å². The molecule has 0 fully saturated rings. The second-order valence-electron chi connectivity index (χ2n) is 12.0. The number of nitrogens with one attached hydrogen (secondary N) is 1. The first-order valence-electron chi connectivity index (χ1n) is 16.0. The number of aliphatic imine (C=N–C) groups is 2. The molecule has 10 rings (SSSR count). The van der Waals surface area contributed by atoms with Gasteiger partial charge in [0.2, 0.25) is 0 Å². The summed E-state index contributed by atoms with van der Waals surface area (Å²) in [7, 11) is 0. The first kappa shape index (κ1) is 26.7. The van der Waals surface area contributed by atoms with E-state index in [1.54, 1.807) is 0 Å². The monoisotopic (exact) mass is 618 g/mol. The predicted octanol–water partition coefficient (Wildman–Crippen LogP) is 10.2. The van der Waals surface area contributed by atoms with E-state index in [4.69, 9.17) is 23.8 Å². The Bertz CT molecular complexity index is 2760. The molecule has 1 N–H and O–H groups in total. The number of fused-ring (bicyclic) bond motifs is 8. The quantitative estimate of drug-likeness (QED) is 0.213. The summed E-state index contributed by atoms with van der Waals surface area (Å²) in [6.07, 6.45) is 1.60. The Morgan fingerprint density at radius 1 is 0.562 bits per heavy atom. The second kappa shape index (κ2) is 10.5. The van der Waals surface area contributed by atoms with Crippen molar-refractivity contribution in [1.29, 1.82) is 0 Å². The number of amidine groups is 2. The summed E-state index contributed by atoms with van der Waals surface area (Å²) < 4.78 is 13.0. The van der Waals surface area contributed by atoms with Crippen LogP contribution in [-0.4, -0.2) is 16.7 Å².